The third-order valence-corrected chi connectivity index (χ3v) is 6.05. The van der Waals surface area contributed by atoms with Crippen molar-refractivity contribution in [3.63, 3.8) is 0 Å². The molecule has 0 saturated heterocycles. The number of methoxy groups -OCH3 is 1. The third-order valence-electron chi connectivity index (χ3n) is 4.88. The number of benzene rings is 1. The molecule has 0 aliphatic heterocycles. The number of likely N-dealkylation sites (N-methyl/N-ethyl adjacent to an activating group) is 1. The molecular formula is C21H25N3O2S. The van der Waals surface area contributed by atoms with Crippen LogP contribution in [0.4, 0.5) is 5.00 Å². The second kappa shape index (κ2) is 8.55. The third kappa shape index (κ3) is 4.68. The number of nitrogens with one attached hydrogen (secondary N) is 1. The molecule has 0 bridgehead atoms. The van der Waals surface area contributed by atoms with E-state index in [4.69, 9.17) is 4.74 Å². The number of nitriles is 1. The standard InChI is InChI=1S/C21H25N3O2S/c1-14-7-8-17-18(11-22)21(27-19(17)9-14)23-20(25)13-24(2)12-15-5-4-6-16(10-15)26-3/h4-6,10,14H,7-9,12-13H2,1-3H3,(H,23,25). The van der Waals surface area contributed by atoms with Crippen LogP contribution in [-0.2, 0) is 24.2 Å². The molecule has 1 aliphatic rings. The van der Waals surface area contributed by atoms with Crippen molar-refractivity contribution in [1.29, 1.82) is 5.26 Å². The zero-order valence-corrected chi connectivity index (χ0v) is 16.9. The van der Waals surface area contributed by atoms with Crippen LogP contribution in [0.5, 0.6) is 5.75 Å². The molecule has 1 N–H and O–H groups in total. The van der Waals surface area contributed by atoms with E-state index >= 15 is 0 Å². The van der Waals surface area contributed by atoms with Crippen molar-refractivity contribution < 1.29 is 9.53 Å². The second-order valence-corrected chi connectivity index (χ2v) is 8.34. The Balaban J connectivity index is 1.63. The molecule has 6 heteroatoms. The summed E-state index contributed by atoms with van der Waals surface area (Å²) in [6, 6.07) is 10.1. The minimum Gasteiger partial charge on any atom is -0.497 e. The summed E-state index contributed by atoms with van der Waals surface area (Å²) in [4.78, 5) is 15.7. The summed E-state index contributed by atoms with van der Waals surface area (Å²) in [6.07, 6.45) is 3.04. The molecule has 0 fully saturated rings. The van der Waals surface area contributed by atoms with Crippen LogP contribution in [0.25, 0.3) is 0 Å². The number of rotatable bonds is 6. The van der Waals surface area contributed by atoms with Gasteiger partial charge in [0.25, 0.3) is 0 Å². The fourth-order valence-corrected chi connectivity index (χ4v) is 4.88. The van der Waals surface area contributed by atoms with E-state index in [1.807, 2.05) is 36.2 Å². The van der Waals surface area contributed by atoms with Gasteiger partial charge in [-0.05, 0) is 55.5 Å². The molecule has 1 atom stereocenters. The fraction of sp³-hybridized carbons (Fsp3) is 0.429. The van der Waals surface area contributed by atoms with Gasteiger partial charge in [-0.15, -0.1) is 11.3 Å². The van der Waals surface area contributed by atoms with Crippen LogP contribution in [0.2, 0.25) is 0 Å². The maximum Gasteiger partial charge on any atom is 0.239 e. The van der Waals surface area contributed by atoms with Crippen molar-refractivity contribution >= 4 is 22.2 Å². The van der Waals surface area contributed by atoms with Crippen LogP contribution in [0, 0.1) is 17.2 Å². The van der Waals surface area contributed by atoms with E-state index in [2.05, 4.69) is 18.3 Å². The summed E-state index contributed by atoms with van der Waals surface area (Å²) in [5.41, 5.74) is 2.88. The van der Waals surface area contributed by atoms with Crippen LogP contribution in [-0.4, -0.2) is 31.5 Å². The predicted octanol–water partition coefficient (Wildman–Crippen LogP) is 3.82. The van der Waals surface area contributed by atoms with Gasteiger partial charge in [-0.25, -0.2) is 0 Å². The number of carbonyl (C=O) groups excluding carboxylic acids is 1. The van der Waals surface area contributed by atoms with Crippen molar-refractivity contribution in [3.8, 4) is 11.8 Å². The van der Waals surface area contributed by atoms with E-state index in [-0.39, 0.29) is 12.5 Å². The second-order valence-electron chi connectivity index (χ2n) is 7.24. The molecule has 1 amide bonds. The molecule has 1 aliphatic carbocycles. The molecule has 142 valence electrons. The van der Waals surface area contributed by atoms with E-state index < -0.39 is 0 Å². The highest BCUT2D eigenvalue weighted by molar-refractivity contribution is 7.16. The van der Waals surface area contributed by atoms with Gasteiger partial charge >= 0.3 is 0 Å². The number of amides is 1. The van der Waals surface area contributed by atoms with Crippen LogP contribution < -0.4 is 10.1 Å². The summed E-state index contributed by atoms with van der Waals surface area (Å²) in [6.45, 7) is 3.15. The van der Waals surface area contributed by atoms with Crippen LogP contribution in [0.15, 0.2) is 24.3 Å². The Morgan fingerprint density at radius 1 is 1.48 bits per heavy atom. The Bertz CT molecular complexity index is 869. The van der Waals surface area contributed by atoms with Gasteiger partial charge in [0.15, 0.2) is 0 Å². The molecule has 1 heterocycles. The van der Waals surface area contributed by atoms with Gasteiger partial charge in [0.05, 0.1) is 19.2 Å². The van der Waals surface area contributed by atoms with Crippen molar-refractivity contribution in [2.45, 2.75) is 32.7 Å². The SMILES string of the molecule is COc1cccc(CN(C)CC(=O)Nc2sc3c(c2C#N)CCC(C)C3)c1. The van der Waals surface area contributed by atoms with Crippen molar-refractivity contribution in [2.24, 2.45) is 5.92 Å². The first-order valence-electron chi connectivity index (χ1n) is 9.16. The minimum atomic E-state index is -0.0939. The number of thiophene rings is 1. The monoisotopic (exact) mass is 383 g/mol. The number of hydrogen-bond donors (Lipinski definition) is 1. The molecule has 0 radical (unpaired) electrons. The molecule has 2 aromatic rings. The summed E-state index contributed by atoms with van der Waals surface area (Å²) < 4.78 is 5.24. The van der Waals surface area contributed by atoms with E-state index in [9.17, 15) is 10.1 Å². The van der Waals surface area contributed by atoms with Crippen molar-refractivity contribution in [1.82, 2.24) is 4.90 Å². The Morgan fingerprint density at radius 2 is 2.30 bits per heavy atom. The van der Waals surface area contributed by atoms with Crippen LogP contribution >= 0.6 is 11.3 Å². The molecule has 0 saturated carbocycles. The first-order chi connectivity index (χ1) is 13.0. The quantitative estimate of drug-likeness (QED) is 0.823. The predicted molar refractivity (Wildman–Crippen MR) is 108 cm³/mol. The van der Waals surface area contributed by atoms with Gasteiger partial charge in [0, 0.05) is 11.4 Å². The number of ether oxygens (including phenoxy) is 1. The van der Waals surface area contributed by atoms with Crippen LogP contribution in [0.3, 0.4) is 0 Å². The zero-order chi connectivity index (χ0) is 19.4. The summed E-state index contributed by atoms with van der Waals surface area (Å²) in [5, 5.41) is 13.2. The van der Waals surface area contributed by atoms with Gasteiger partial charge in [0.1, 0.15) is 16.8 Å². The summed E-state index contributed by atoms with van der Waals surface area (Å²) in [7, 11) is 3.55. The largest absolute Gasteiger partial charge is 0.497 e. The van der Waals surface area contributed by atoms with Gasteiger partial charge in [0.2, 0.25) is 5.91 Å². The molecule has 0 spiro atoms. The maximum atomic E-state index is 12.5. The summed E-state index contributed by atoms with van der Waals surface area (Å²) >= 11 is 1.57. The average molecular weight is 384 g/mol. The number of anilines is 1. The topological polar surface area (TPSA) is 65.4 Å². The lowest BCUT2D eigenvalue weighted by Gasteiger charge is -2.17. The lowest BCUT2D eigenvalue weighted by atomic mass is 9.89. The summed E-state index contributed by atoms with van der Waals surface area (Å²) in [5.74, 6) is 1.35. The van der Waals surface area contributed by atoms with Gasteiger partial charge in [-0.2, -0.15) is 5.26 Å². The Hall–Kier alpha value is -2.36. The molecule has 27 heavy (non-hydrogen) atoms. The smallest absolute Gasteiger partial charge is 0.239 e. The van der Waals surface area contributed by atoms with E-state index in [0.29, 0.717) is 23.0 Å². The molecule has 1 aromatic heterocycles. The molecule has 3 rings (SSSR count). The molecule has 5 nitrogen and oxygen atoms in total. The van der Waals surface area contributed by atoms with Crippen LogP contribution in [0.1, 0.15) is 34.9 Å². The number of carbonyl (C=O) groups is 1. The first-order valence-corrected chi connectivity index (χ1v) is 9.97. The highest BCUT2D eigenvalue weighted by Crippen LogP contribution is 2.39. The Labute approximate surface area is 164 Å². The lowest BCUT2D eigenvalue weighted by Crippen LogP contribution is -2.29. The maximum absolute atomic E-state index is 12.5. The van der Waals surface area contributed by atoms with E-state index in [1.54, 1.807) is 18.4 Å². The van der Waals surface area contributed by atoms with Gasteiger partial charge < -0.3 is 10.1 Å². The number of nitrogens with zero attached hydrogens (tertiary/aromatic N) is 2. The lowest BCUT2D eigenvalue weighted by molar-refractivity contribution is -0.117. The molecule has 1 aromatic carbocycles. The molecule has 1 unspecified atom stereocenters. The highest BCUT2D eigenvalue weighted by atomic mass is 32.1. The Kier molecular flexibility index (Phi) is 6.15. The van der Waals surface area contributed by atoms with Gasteiger partial charge in [-0.3, -0.25) is 9.69 Å². The van der Waals surface area contributed by atoms with E-state index in [0.717, 1.165) is 36.1 Å². The number of fused-ring (bicyclic) bond motifs is 1. The number of hydrogen-bond acceptors (Lipinski definition) is 5. The molecular weight excluding hydrogens is 358 g/mol. The fourth-order valence-electron chi connectivity index (χ4n) is 3.51. The first kappa shape index (κ1) is 19.4. The van der Waals surface area contributed by atoms with Crippen molar-refractivity contribution in [3.05, 3.63) is 45.8 Å². The zero-order valence-electron chi connectivity index (χ0n) is 16.0. The van der Waals surface area contributed by atoms with Gasteiger partial charge in [-0.1, -0.05) is 19.1 Å². The highest BCUT2D eigenvalue weighted by Gasteiger charge is 2.24. The van der Waals surface area contributed by atoms with E-state index in [1.165, 1.54) is 4.88 Å². The van der Waals surface area contributed by atoms with Crippen molar-refractivity contribution in [2.75, 3.05) is 26.0 Å². The Morgan fingerprint density at radius 3 is 3.04 bits per heavy atom. The average Bonchev–Trinajstić information content (AvgIpc) is 2.97. The minimum absolute atomic E-state index is 0.0939. The normalized spacial score (nSPS) is 15.9.